The Hall–Kier alpha value is -3.15. The molecule has 6 heteroatoms. The highest BCUT2D eigenvalue weighted by Crippen LogP contribution is 2.19. The number of hydrogen-bond donors (Lipinski definition) is 1. The van der Waals surface area contributed by atoms with Crippen molar-refractivity contribution < 1.29 is 4.74 Å². The first-order valence-electron chi connectivity index (χ1n) is 7.60. The van der Waals surface area contributed by atoms with Gasteiger partial charge in [0.15, 0.2) is 5.82 Å². The van der Waals surface area contributed by atoms with E-state index < -0.39 is 0 Å². The number of ether oxygens (including phenoxy) is 1. The largest absolute Gasteiger partial charge is 0.497 e. The molecule has 0 fully saturated rings. The van der Waals surface area contributed by atoms with E-state index in [-0.39, 0.29) is 0 Å². The molecule has 1 heterocycles. The second kappa shape index (κ2) is 7.41. The first-order chi connectivity index (χ1) is 11.7. The lowest BCUT2D eigenvalue weighted by molar-refractivity contribution is 0.415. The summed E-state index contributed by atoms with van der Waals surface area (Å²) in [5.41, 5.74) is 2.10. The maximum atomic E-state index is 5.15. The van der Waals surface area contributed by atoms with Gasteiger partial charge >= 0.3 is 0 Å². The van der Waals surface area contributed by atoms with Gasteiger partial charge in [0.1, 0.15) is 5.75 Å². The van der Waals surface area contributed by atoms with Crippen LogP contribution in [0.2, 0.25) is 0 Å². The van der Waals surface area contributed by atoms with E-state index in [0.29, 0.717) is 18.3 Å². The Labute approximate surface area is 141 Å². The van der Waals surface area contributed by atoms with Crippen molar-refractivity contribution in [2.75, 3.05) is 24.4 Å². The molecule has 2 aromatic carbocycles. The van der Waals surface area contributed by atoms with Crippen LogP contribution in [0.4, 0.5) is 17.5 Å². The van der Waals surface area contributed by atoms with Gasteiger partial charge in [-0.2, -0.15) is 10.1 Å². The van der Waals surface area contributed by atoms with E-state index in [1.54, 1.807) is 13.3 Å². The van der Waals surface area contributed by atoms with Crippen LogP contribution in [0.1, 0.15) is 5.56 Å². The Morgan fingerprint density at radius 3 is 2.50 bits per heavy atom. The summed E-state index contributed by atoms with van der Waals surface area (Å²) >= 11 is 0. The van der Waals surface area contributed by atoms with Gasteiger partial charge in [0.2, 0.25) is 5.95 Å². The summed E-state index contributed by atoms with van der Waals surface area (Å²) in [5.74, 6) is 2.02. The monoisotopic (exact) mass is 321 g/mol. The van der Waals surface area contributed by atoms with E-state index in [2.05, 4.69) is 32.6 Å². The van der Waals surface area contributed by atoms with E-state index in [4.69, 9.17) is 4.74 Å². The number of anilines is 3. The van der Waals surface area contributed by atoms with Gasteiger partial charge in [0.25, 0.3) is 0 Å². The number of nitrogens with zero attached hydrogens (tertiary/aromatic N) is 4. The molecule has 0 unspecified atom stereocenters. The van der Waals surface area contributed by atoms with E-state index in [1.165, 1.54) is 5.56 Å². The number of nitrogens with one attached hydrogen (secondary N) is 1. The van der Waals surface area contributed by atoms with Gasteiger partial charge in [0, 0.05) is 19.3 Å². The molecule has 0 aliphatic rings. The molecule has 1 N–H and O–H groups in total. The average Bonchev–Trinajstić information content (AvgIpc) is 2.63. The minimum Gasteiger partial charge on any atom is -0.497 e. The quantitative estimate of drug-likeness (QED) is 0.752. The molecule has 0 saturated carbocycles. The van der Waals surface area contributed by atoms with Crippen molar-refractivity contribution in [1.82, 2.24) is 15.2 Å². The fraction of sp³-hybridized carbons (Fsp3) is 0.167. The van der Waals surface area contributed by atoms with E-state index in [0.717, 1.165) is 11.4 Å². The third-order valence-electron chi connectivity index (χ3n) is 3.51. The molecule has 0 aliphatic carbocycles. The lowest BCUT2D eigenvalue weighted by Crippen LogP contribution is -2.19. The summed E-state index contributed by atoms with van der Waals surface area (Å²) in [4.78, 5) is 6.48. The molecule has 0 saturated heterocycles. The highest BCUT2D eigenvalue weighted by molar-refractivity contribution is 5.57. The zero-order valence-corrected chi connectivity index (χ0v) is 13.7. The van der Waals surface area contributed by atoms with E-state index in [1.807, 2.05) is 54.4 Å². The summed E-state index contributed by atoms with van der Waals surface area (Å²) in [6, 6.07) is 17.8. The second-order valence-corrected chi connectivity index (χ2v) is 5.34. The maximum absolute atomic E-state index is 5.15. The fourth-order valence-corrected chi connectivity index (χ4v) is 2.27. The molecule has 0 spiro atoms. The Bertz CT molecular complexity index is 777. The second-order valence-electron chi connectivity index (χ2n) is 5.34. The van der Waals surface area contributed by atoms with Crippen LogP contribution in [-0.2, 0) is 6.54 Å². The highest BCUT2D eigenvalue weighted by Gasteiger charge is 2.07. The van der Waals surface area contributed by atoms with Crippen LogP contribution in [0, 0.1) is 0 Å². The Morgan fingerprint density at radius 1 is 1.04 bits per heavy atom. The molecule has 3 rings (SSSR count). The third-order valence-corrected chi connectivity index (χ3v) is 3.51. The SMILES string of the molecule is COc1ccc(Nc2cnnc(N(C)Cc3ccccc3)n2)cc1. The smallest absolute Gasteiger partial charge is 0.247 e. The predicted molar refractivity (Wildman–Crippen MR) is 94.7 cm³/mol. The van der Waals surface area contributed by atoms with Crippen molar-refractivity contribution in [3.63, 3.8) is 0 Å². The normalized spacial score (nSPS) is 10.2. The standard InChI is InChI=1S/C18H19N5O/c1-23(13-14-6-4-3-5-7-14)18-21-17(12-19-22-18)20-15-8-10-16(24-2)11-9-15/h3-12H,13H2,1-2H3,(H,20,21,22). The van der Waals surface area contributed by atoms with Crippen LogP contribution in [0.3, 0.4) is 0 Å². The first-order valence-corrected chi connectivity index (χ1v) is 7.60. The van der Waals surface area contributed by atoms with Gasteiger partial charge in [-0.3, -0.25) is 0 Å². The first kappa shape index (κ1) is 15.7. The summed E-state index contributed by atoms with van der Waals surface area (Å²) < 4.78 is 5.15. The molecule has 1 aromatic heterocycles. The Balaban J connectivity index is 1.71. The van der Waals surface area contributed by atoms with Crippen LogP contribution >= 0.6 is 0 Å². The highest BCUT2D eigenvalue weighted by atomic mass is 16.5. The maximum Gasteiger partial charge on any atom is 0.247 e. The van der Waals surface area contributed by atoms with E-state index >= 15 is 0 Å². The Morgan fingerprint density at radius 2 is 1.79 bits per heavy atom. The summed E-state index contributed by atoms with van der Waals surface area (Å²) in [7, 11) is 3.59. The molecule has 0 bridgehead atoms. The molecule has 0 radical (unpaired) electrons. The molecule has 6 nitrogen and oxygen atoms in total. The lowest BCUT2D eigenvalue weighted by atomic mass is 10.2. The van der Waals surface area contributed by atoms with E-state index in [9.17, 15) is 0 Å². The number of rotatable bonds is 6. The number of benzene rings is 2. The van der Waals surface area contributed by atoms with Crippen molar-refractivity contribution in [1.29, 1.82) is 0 Å². The summed E-state index contributed by atoms with van der Waals surface area (Å²) in [6.07, 6.45) is 1.60. The number of hydrogen-bond acceptors (Lipinski definition) is 6. The van der Waals surface area contributed by atoms with Gasteiger partial charge in [-0.25, -0.2) is 0 Å². The molecule has 0 amide bonds. The van der Waals surface area contributed by atoms with Crippen molar-refractivity contribution in [3.8, 4) is 5.75 Å². The average molecular weight is 321 g/mol. The molecular weight excluding hydrogens is 302 g/mol. The van der Waals surface area contributed by atoms with Gasteiger partial charge < -0.3 is 15.0 Å². The van der Waals surface area contributed by atoms with Crippen molar-refractivity contribution in [2.24, 2.45) is 0 Å². The van der Waals surface area contributed by atoms with Crippen LogP contribution in [0.15, 0.2) is 60.8 Å². The zero-order chi connectivity index (χ0) is 16.8. The van der Waals surface area contributed by atoms with Gasteiger partial charge in [-0.1, -0.05) is 30.3 Å². The zero-order valence-electron chi connectivity index (χ0n) is 13.7. The molecule has 0 atom stereocenters. The Kier molecular flexibility index (Phi) is 4.86. The third kappa shape index (κ3) is 3.98. The van der Waals surface area contributed by atoms with Crippen molar-refractivity contribution >= 4 is 17.5 Å². The minimum atomic E-state index is 0.567. The summed E-state index contributed by atoms with van der Waals surface area (Å²) in [5, 5.41) is 11.4. The van der Waals surface area contributed by atoms with Crippen LogP contribution in [0.25, 0.3) is 0 Å². The number of methoxy groups -OCH3 is 1. The molecule has 24 heavy (non-hydrogen) atoms. The molecular formula is C18H19N5O. The minimum absolute atomic E-state index is 0.567. The summed E-state index contributed by atoms with van der Waals surface area (Å²) in [6.45, 7) is 0.717. The topological polar surface area (TPSA) is 63.2 Å². The predicted octanol–water partition coefficient (Wildman–Crippen LogP) is 3.26. The molecule has 0 aliphatic heterocycles. The van der Waals surface area contributed by atoms with Crippen molar-refractivity contribution in [3.05, 3.63) is 66.4 Å². The van der Waals surface area contributed by atoms with Crippen LogP contribution in [0.5, 0.6) is 5.75 Å². The molecule has 3 aromatic rings. The lowest BCUT2D eigenvalue weighted by Gasteiger charge is -2.17. The van der Waals surface area contributed by atoms with Crippen LogP contribution < -0.4 is 15.0 Å². The number of aromatic nitrogens is 3. The van der Waals surface area contributed by atoms with Gasteiger partial charge in [0.05, 0.1) is 13.3 Å². The van der Waals surface area contributed by atoms with Crippen molar-refractivity contribution in [2.45, 2.75) is 6.54 Å². The van der Waals surface area contributed by atoms with Gasteiger partial charge in [-0.05, 0) is 29.8 Å². The molecule has 122 valence electrons. The fourth-order valence-electron chi connectivity index (χ4n) is 2.27. The van der Waals surface area contributed by atoms with Crippen LogP contribution in [-0.4, -0.2) is 29.3 Å². The van der Waals surface area contributed by atoms with Gasteiger partial charge in [-0.15, -0.1) is 5.10 Å².